The third kappa shape index (κ3) is 3.36. The second-order valence-corrected chi connectivity index (χ2v) is 10.0. The number of fused-ring (bicyclic) bond motifs is 1. The number of hydrogen-bond acceptors (Lipinski definition) is 5. The highest BCUT2D eigenvalue weighted by atomic mass is 32.2. The lowest BCUT2D eigenvalue weighted by Gasteiger charge is -2.23. The number of sulfone groups is 1. The molecule has 0 bridgehead atoms. The van der Waals surface area contributed by atoms with Crippen LogP contribution in [0.4, 0.5) is 10.5 Å². The van der Waals surface area contributed by atoms with Gasteiger partial charge >= 0.3 is 6.03 Å². The first kappa shape index (κ1) is 18.8. The van der Waals surface area contributed by atoms with Crippen LogP contribution in [0.1, 0.15) is 11.1 Å². The van der Waals surface area contributed by atoms with Crippen LogP contribution in [0.5, 0.6) is 0 Å². The Balaban J connectivity index is 1.68. The van der Waals surface area contributed by atoms with Crippen molar-refractivity contribution in [1.29, 1.82) is 5.26 Å². The molecule has 6 nitrogen and oxygen atoms in total. The maximum Gasteiger partial charge on any atom is 0.325 e. The van der Waals surface area contributed by atoms with Gasteiger partial charge in [0.1, 0.15) is 0 Å². The zero-order valence-electron chi connectivity index (χ0n) is 15.3. The lowest BCUT2D eigenvalue weighted by molar-refractivity contribution is 0.206. The van der Waals surface area contributed by atoms with E-state index in [0.29, 0.717) is 12.1 Å². The molecular weight excluding hydrogens is 394 g/mol. The van der Waals surface area contributed by atoms with E-state index in [9.17, 15) is 13.2 Å². The topological polar surface area (TPSA) is 81.5 Å². The number of nitrogens with zero attached hydrogens (tertiary/aromatic N) is 3. The Morgan fingerprint density at radius 3 is 2.54 bits per heavy atom. The lowest BCUT2D eigenvalue weighted by Crippen LogP contribution is -2.37. The summed E-state index contributed by atoms with van der Waals surface area (Å²) in [6, 6.07) is 15.8. The van der Waals surface area contributed by atoms with E-state index in [0.717, 1.165) is 16.1 Å². The highest BCUT2D eigenvalue weighted by Crippen LogP contribution is 2.36. The summed E-state index contributed by atoms with van der Waals surface area (Å²) >= 11 is 1.58. The van der Waals surface area contributed by atoms with Crippen LogP contribution in [0, 0.1) is 11.3 Å². The third-order valence-corrected chi connectivity index (χ3v) is 7.67. The minimum absolute atomic E-state index is 0.0155. The molecule has 0 aromatic heterocycles. The first-order valence-corrected chi connectivity index (χ1v) is 11.9. The minimum atomic E-state index is -3.21. The number of urea groups is 1. The average molecular weight is 414 g/mol. The molecule has 2 fully saturated rings. The minimum Gasteiger partial charge on any atom is -0.314 e. The van der Waals surface area contributed by atoms with E-state index in [1.807, 2.05) is 30.5 Å². The molecule has 0 unspecified atom stereocenters. The van der Waals surface area contributed by atoms with Gasteiger partial charge in [-0.2, -0.15) is 5.26 Å². The Bertz CT molecular complexity index is 1060. The molecule has 2 amide bonds. The van der Waals surface area contributed by atoms with Gasteiger partial charge in [-0.15, -0.1) is 11.8 Å². The van der Waals surface area contributed by atoms with Crippen molar-refractivity contribution < 1.29 is 13.2 Å². The van der Waals surface area contributed by atoms with Gasteiger partial charge in [0.2, 0.25) is 0 Å². The molecule has 8 heteroatoms. The van der Waals surface area contributed by atoms with Crippen LogP contribution in [0.3, 0.4) is 0 Å². The molecular formula is C20H19N3O3S2. The van der Waals surface area contributed by atoms with E-state index >= 15 is 0 Å². The zero-order chi connectivity index (χ0) is 19.9. The summed E-state index contributed by atoms with van der Waals surface area (Å²) in [7, 11) is -3.21. The second-order valence-electron chi connectivity index (χ2n) is 7.00. The molecule has 2 aromatic rings. The van der Waals surface area contributed by atoms with Crippen LogP contribution in [0.25, 0.3) is 0 Å². The summed E-state index contributed by atoms with van der Waals surface area (Å²) < 4.78 is 24.7. The van der Waals surface area contributed by atoms with Crippen molar-refractivity contribution in [3.63, 3.8) is 0 Å². The number of rotatable bonds is 4. The molecule has 4 rings (SSSR count). The highest BCUT2D eigenvalue weighted by Gasteiger charge is 2.53. The Labute approximate surface area is 168 Å². The maximum atomic E-state index is 13.3. The number of thioether (sulfide) groups is 1. The van der Waals surface area contributed by atoms with E-state index in [1.165, 1.54) is 0 Å². The molecule has 0 aliphatic carbocycles. The van der Waals surface area contributed by atoms with Crippen molar-refractivity contribution >= 4 is 33.3 Å². The van der Waals surface area contributed by atoms with Crippen molar-refractivity contribution in [1.82, 2.24) is 4.90 Å². The monoisotopic (exact) mass is 413 g/mol. The van der Waals surface area contributed by atoms with Gasteiger partial charge in [-0.3, -0.25) is 4.90 Å². The number of anilines is 1. The fraction of sp³-hybridized carbons (Fsp3) is 0.300. The van der Waals surface area contributed by atoms with Crippen LogP contribution in [0.15, 0.2) is 53.4 Å². The van der Waals surface area contributed by atoms with Crippen LogP contribution >= 0.6 is 11.8 Å². The van der Waals surface area contributed by atoms with E-state index in [4.69, 9.17) is 5.26 Å². The normalized spacial score (nSPS) is 22.9. The van der Waals surface area contributed by atoms with Gasteiger partial charge in [0.25, 0.3) is 0 Å². The average Bonchev–Trinajstić information content (AvgIpc) is 3.12. The summed E-state index contributed by atoms with van der Waals surface area (Å²) in [4.78, 5) is 17.6. The van der Waals surface area contributed by atoms with Gasteiger partial charge < -0.3 is 4.90 Å². The Morgan fingerprint density at radius 2 is 1.86 bits per heavy atom. The van der Waals surface area contributed by atoms with Crippen LogP contribution in [-0.2, 0) is 16.4 Å². The Hall–Kier alpha value is -2.50. The molecule has 2 aliphatic heterocycles. The van der Waals surface area contributed by atoms with Gasteiger partial charge in [0, 0.05) is 17.1 Å². The summed E-state index contributed by atoms with van der Waals surface area (Å²) in [5.41, 5.74) is 2.15. The van der Waals surface area contributed by atoms with E-state index in [1.54, 1.807) is 45.8 Å². The molecule has 0 spiro atoms. The van der Waals surface area contributed by atoms with Gasteiger partial charge in [-0.05, 0) is 42.2 Å². The SMILES string of the molecule is CSc1cccc(N2C(=O)N(Cc3ccc(C#N)cc3)[C@@H]3CS(=O)(=O)C[C@@H]32)c1. The van der Waals surface area contributed by atoms with Crippen molar-refractivity contribution in [3.8, 4) is 6.07 Å². The quantitative estimate of drug-likeness (QED) is 0.569. The van der Waals surface area contributed by atoms with Crippen LogP contribution < -0.4 is 4.90 Å². The first-order valence-electron chi connectivity index (χ1n) is 8.85. The highest BCUT2D eigenvalue weighted by molar-refractivity contribution is 7.98. The van der Waals surface area contributed by atoms with Crippen molar-refractivity contribution in [2.24, 2.45) is 0 Å². The first-order chi connectivity index (χ1) is 13.4. The number of benzene rings is 2. The molecule has 2 atom stereocenters. The van der Waals surface area contributed by atoms with Crippen molar-refractivity contribution in [3.05, 3.63) is 59.7 Å². The molecule has 2 aliphatic rings. The standard InChI is InChI=1S/C20H19N3O3S2/c1-27-17-4-2-3-16(9-17)23-19-13-28(25,26)12-18(19)22(20(23)24)11-15-7-5-14(10-21)6-8-15/h2-9,18-19H,11-13H2,1H3/t18-,19+/m1/s1. The van der Waals surface area contributed by atoms with Crippen molar-refractivity contribution in [2.45, 2.75) is 23.5 Å². The summed E-state index contributed by atoms with van der Waals surface area (Å²) in [6.45, 7) is 0.319. The van der Waals surface area contributed by atoms with Gasteiger partial charge in [-0.1, -0.05) is 18.2 Å². The molecule has 0 radical (unpaired) electrons. The van der Waals surface area contributed by atoms with E-state index in [2.05, 4.69) is 6.07 Å². The molecule has 2 aromatic carbocycles. The molecule has 144 valence electrons. The number of carbonyl (C=O) groups excluding carboxylic acids is 1. The maximum absolute atomic E-state index is 13.3. The van der Waals surface area contributed by atoms with Gasteiger partial charge in [0.05, 0.1) is 35.2 Å². The van der Waals surface area contributed by atoms with Crippen molar-refractivity contribution in [2.75, 3.05) is 22.7 Å². The molecule has 2 saturated heterocycles. The van der Waals surface area contributed by atoms with E-state index < -0.39 is 9.84 Å². The molecule has 28 heavy (non-hydrogen) atoms. The summed E-state index contributed by atoms with van der Waals surface area (Å²) in [5, 5.41) is 8.95. The molecule has 2 heterocycles. The number of amides is 2. The summed E-state index contributed by atoms with van der Waals surface area (Å²) in [5.74, 6) is -0.0326. The number of nitriles is 1. The largest absolute Gasteiger partial charge is 0.325 e. The predicted molar refractivity (Wildman–Crippen MR) is 109 cm³/mol. The Morgan fingerprint density at radius 1 is 1.14 bits per heavy atom. The molecule has 0 N–H and O–H groups in total. The number of carbonyl (C=O) groups is 1. The zero-order valence-corrected chi connectivity index (χ0v) is 16.9. The fourth-order valence-corrected chi connectivity index (χ4v) is 6.31. The van der Waals surface area contributed by atoms with Gasteiger partial charge in [-0.25, -0.2) is 13.2 Å². The summed E-state index contributed by atoms with van der Waals surface area (Å²) in [6.07, 6.45) is 1.96. The smallest absolute Gasteiger partial charge is 0.314 e. The van der Waals surface area contributed by atoms with Crippen LogP contribution in [0.2, 0.25) is 0 Å². The van der Waals surface area contributed by atoms with Gasteiger partial charge in [0.15, 0.2) is 9.84 Å². The Kier molecular flexibility index (Phi) is 4.81. The lowest BCUT2D eigenvalue weighted by atomic mass is 10.1. The van der Waals surface area contributed by atoms with Crippen LogP contribution in [-0.4, -0.2) is 49.2 Å². The molecule has 0 saturated carbocycles. The number of hydrogen-bond donors (Lipinski definition) is 0. The third-order valence-electron chi connectivity index (χ3n) is 5.24. The second kappa shape index (κ2) is 7.15. The van der Waals surface area contributed by atoms with E-state index in [-0.39, 0.29) is 29.6 Å². The fourth-order valence-electron chi connectivity index (χ4n) is 3.91. The predicted octanol–water partition coefficient (Wildman–Crippen LogP) is 2.89.